The first-order valence-corrected chi connectivity index (χ1v) is 6.36. The Morgan fingerprint density at radius 1 is 1.35 bits per heavy atom. The molecule has 0 bridgehead atoms. The maximum atomic E-state index is 9.74. The summed E-state index contributed by atoms with van der Waals surface area (Å²) in [7, 11) is 0. The molecule has 0 radical (unpaired) electrons. The average Bonchev–Trinajstić information content (AvgIpc) is 2.45. The van der Waals surface area contributed by atoms with Crippen molar-refractivity contribution in [2.24, 2.45) is 0 Å². The molecule has 1 aromatic heterocycles. The molecule has 1 atom stereocenters. The van der Waals surface area contributed by atoms with Crippen molar-refractivity contribution < 1.29 is 9.84 Å². The lowest BCUT2D eigenvalue weighted by molar-refractivity contribution is 0.190. The van der Waals surface area contributed by atoms with Gasteiger partial charge in [0.1, 0.15) is 24.1 Å². The summed E-state index contributed by atoms with van der Waals surface area (Å²) in [5.41, 5.74) is 3.06. The van der Waals surface area contributed by atoms with Gasteiger partial charge in [-0.15, -0.1) is 0 Å². The van der Waals surface area contributed by atoms with Crippen molar-refractivity contribution in [3.8, 4) is 11.8 Å². The molecule has 0 aliphatic heterocycles. The normalized spacial score (nSPS) is 11.7. The SMILES string of the molecule is Cc1ccc(C(C)O)c(OCc2ccnc(C#N)c2)c1. The standard InChI is InChI=1S/C16H16N2O2/c1-11-3-4-15(12(2)19)16(7-11)20-10-13-5-6-18-14(8-13)9-17/h3-8,12,19H,10H2,1-2H3. The molecule has 2 rings (SSSR count). The molecule has 0 spiro atoms. The molecule has 0 fully saturated rings. The molecule has 0 aliphatic rings. The lowest BCUT2D eigenvalue weighted by Gasteiger charge is -2.14. The fourth-order valence-electron chi connectivity index (χ4n) is 1.90. The second kappa shape index (κ2) is 6.18. The van der Waals surface area contributed by atoms with E-state index in [4.69, 9.17) is 10.00 Å². The molecule has 0 amide bonds. The Balaban J connectivity index is 2.18. The van der Waals surface area contributed by atoms with Crippen LogP contribution in [0.3, 0.4) is 0 Å². The van der Waals surface area contributed by atoms with E-state index in [2.05, 4.69) is 4.98 Å². The van der Waals surface area contributed by atoms with Crippen LogP contribution < -0.4 is 4.74 Å². The second-order valence-corrected chi connectivity index (χ2v) is 4.67. The van der Waals surface area contributed by atoms with Crippen LogP contribution in [0.5, 0.6) is 5.75 Å². The van der Waals surface area contributed by atoms with Gasteiger partial charge in [0.15, 0.2) is 0 Å². The molecule has 0 saturated carbocycles. The topological polar surface area (TPSA) is 66.1 Å². The minimum Gasteiger partial charge on any atom is -0.489 e. The third-order valence-electron chi connectivity index (χ3n) is 2.95. The minimum atomic E-state index is -0.585. The molecule has 2 aromatic rings. The number of nitriles is 1. The summed E-state index contributed by atoms with van der Waals surface area (Å²) in [5, 5.41) is 18.6. The van der Waals surface area contributed by atoms with E-state index in [0.717, 1.165) is 16.7 Å². The van der Waals surface area contributed by atoms with Crippen LogP contribution in [-0.4, -0.2) is 10.1 Å². The third-order valence-corrected chi connectivity index (χ3v) is 2.95. The summed E-state index contributed by atoms with van der Waals surface area (Å²) in [6, 6.07) is 11.2. The lowest BCUT2D eigenvalue weighted by atomic mass is 10.1. The van der Waals surface area contributed by atoms with E-state index in [1.807, 2.05) is 31.2 Å². The maximum absolute atomic E-state index is 9.74. The zero-order chi connectivity index (χ0) is 14.5. The molecule has 102 valence electrons. The molecular weight excluding hydrogens is 252 g/mol. The van der Waals surface area contributed by atoms with E-state index in [1.54, 1.807) is 25.3 Å². The summed E-state index contributed by atoms with van der Waals surface area (Å²) in [6.07, 6.45) is 1.00. The van der Waals surface area contributed by atoms with Gasteiger partial charge < -0.3 is 9.84 Å². The van der Waals surface area contributed by atoms with Gasteiger partial charge in [-0.1, -0.05) is 12.1 Å². The molecule has 4 nitrogen and oxygen atoms in total. The first-order chi connectivity index (χ1) is 9.60. The number of nitrogens with zero attached hydrogens (tertiary/aromatic N) is 2. The van der Waals surface area contributed by atoms with Gasteiger partial charge in [-0.05, 0) is 43.2 Å². The van der Waals surface area contributed by atoms with Gasteiger partial charge in [0.25, 0.3) is 0 Å². The fourth-order valence-corrected chi connectivity index (χ4v) is 1.90. The number of aliphatic hydroxyl groups is 1. The molecule has 0 saturated heterocycles. The number of hydrogen-bond donors (Lipinski definition) is 1. The average molecular weight is 268 g/mol. The number of aryl methyl sites for hydroxylation is 1. The van der Waals surface area contributed by atoms with Gasteiger partial charge >= 0.3 is 0 Å². The molecule has 1 unspecified atom stereocenters. The van der Waals surface area contributed by atoms with E-state index < -0.39 is 6.10 Å². The summed E-state index contributed by atoms with van der Waals surface area (Å²) < 4.78 is 5.77. The van der Waals surface area contributed by atoms with E-state index in [0.29, 0.717) is 18.1 Å². The largest absolute Gasteiger partial charge is 0.489 e. The number of ether oxygens (including phenoxy) is 1. The van der Waals surface area contributed by atoms with Gasteiger partial charge in [0.2, 0.25) is 0 Å². The van der Waals surface area contributed by atoms with E-state index in [9.17, 15) is 5.11 Å². The predicted octanol–water partition coefficient (Wildman–Crippen LogP) is 2.89. The minimum absolute atomic E-state index is 0.334. The van der Waals surface area contributed by atoms with Crippen LogP contribution in [-0.2, 0) is 6.61 Å². The monoisotopic (exact) mass is 268 g/mol. The van der Waals surface area contributed by atoms with Crippen molar-refractivity contribution in [3.05, 3.63) is 58.9 Å². The van der Waals surface area contributed by atoms with Crippen LogP contribution in [0.1, 0.15) is 35.4 Å². The van der Waals surface area contributed by atoms with Crippen molar-refractivity contribution in [3.63, 3.8) is 0 Å². The molecular formula is C16H16N2O2. The second-order valence-electron chi connectivity index (χ2n) is 4.67. The molecule has 1 heterocycles. The Labute approximate surface area is 118 Å². The Morgan fingerprint density at radius 3 is 2.85 bits per heavy atom. The number of hydrogen-bond acceptors (Lipinski definition) is 4. The van der Waals surface area contributed by atoms with Crippen LogP contribution in [0, 0.1) is 18.3 Å². The number of pyridine rings is 1. The van der Waals surface area contributed by atoms with Crippen molar-refractivity contribution in [2.75, 3.05) is 0 Å². The molecule has 20 heavy (non-hydrogen) atoms. The van der Waals surface area contributed by atoms with Crippen molar-refractivity contribution in [1.29, 1.82) is 5.26 Å². The van der Waals surface area contributed by atoms with Gasteiger partial charge in [-0.2, -0.15) is 5.26 Å². The predicted molar refractivity (Wildman–Crippen MR) is 75.1 cm³/mol. The van der Waals surface area contributed by atoms with Gasteiger partial charge in [-0.25, -0.2) is 4.98 Å². The van der Waals surface area contributed by atoms with E-state index >= 15 is 0 Å². The third kappa shape index (κ3) is 3.34. The molecule has 0 aliphatic carbocycles. The Kier molecular flexibility index (Phi) is 4.34. The quantitative estimate of drug-likeness (QED) is 0.925. The Hall–Kier alpha value is -2.38. The van der Waals surface area contributed by atoms with Crippen molar-refractivity contribution in [2.45, 2.75) is 26.6 Å². The van der Waals surface area contributed by atoms with Gasteiger partial charge in [0.05, 0.1) is 6.10 Å². The highest BCUT2D eigenvalue weighted by Crippen LogP contribution is 2.27. The van der Waals surface area contributed by atoms with Crippen molar-refractivity contribution >= 4 is 0 Å². The Bertz CT molecular complexity index is 645. The van der Waals surface area contributed by atoms with Crippen molar-refractivity contribution in [1.82, 2.24) is 4.98 Å². The zero-order valence-electron chi connectivity index (χ0n) is 11.5. The number of benzene rings is 1. The van der Waals surface area contributed by atoms with Crippen LogP contribution >= 0.6 is 0 Å². The summed E-state index contributed by atoms with van der Waals surface area (Å²) >= 11 is 0. The highest BCUT2D eigenvalue weighted by atomic mass is 16.5. The van der Waals surface area contributed by atoms with Crippen LogP contribution in [0.25, 0.3) is 0 Å². The first kappa shape index (κ1) is 14.0. The smallest absolute Gasteiger partial charge is 0.140 e. The van der Waals surface area contributed by atoms with Crippen LogP contribution in [0.2, 0.25) is 0 Å². The number of aliphatic hydroxyl groups excluding tert-OH is 1. The van der Waals surface area contributed by atoms with Gasteiger partial charge in [-0.3, -0.25) is 0 Å². The summed E-state index contributed by atoms with van der Waals surface area (Å²) in [4.78, 5) is 3.92. The molecule has 4 heteroatoms. The highest BCUT2D eigenvalue weighted by Gasteiger charge is 2.09. The van der Waals surface area contributed by atoms with Gasteiger partial charge in [0, 0.05) is 11.8 Å². The molecule has 1 aromatic carbocycles. The zero-order valence-corrected chi connectivity index (χ0v) is 11.5. The number of aromatic nitrogens is 1. The number of rotatable bonds is 4. The van der Waals surface area contributed by atoms with E-state index in [-0.39, 0.29) is 0 Å². The Morgan fingerprint density at radius 2 is 2.15 bits per heavy atom. The van der Waals surface area contributed by atoms with Crippen LogP contribution in [0.15, 0.2) is 36.5 Å². The lowest BCUT2D eigenvalue weighted by Crippen LogP contribution is -2.02. The first-order valence-electron chi connectivity index (χ1n) is 6.36. The summed E-state index contributed by atoms with van der Waals surface area (Å²) in [6.45, 7) is 4.01. The van der Waals surface area contributed by atoms with E-state index in [1.165, 1.54) is 0 Å². The van der Waals surface area contributed by atoms with Crippen LogP contribution in [0.4, 0.5) is 0 Å². The highest BCUT2D eigenvalue weighted by molar-refractivity contribution is 5.38. The summed E-state index contributed by atoms with van der Waals surface area (Å²) in [5.74, 6) is 0.662. The fraction of sp³-hybridized carbons (Fsp3) is 0.250. The maximum Gasteiger partial charge on any atom is 0.140 e. The molecule has 1 N–H and O–H groups in total.